The molecule has 5 heteroatoms. The van der Waals surface area contributed by atoms with Gasteiger partial charge in [-0.2, -0.15) is 5.26 Å². The number of hydrogen-bond acceptors (Lipinski definition) is 2. The van der Waals surface area contributed by atoms with E-state index < -0.39 is 23.1 Å². The quantitative estimate of drug-likeness (QED) is 0.588. The van der Waals surface area contributed by atoms with E-state index in [0.29, 0.717) is 0 Å². The Morgan fingerprint density at radius 2 is 2.12 bits per heavy atom. The summed E-state index contributed by atoms with van der Waals surface area (Å²) in [5.74, 6) is -0.209. The van der Waals surface area contributed by atoms with Crippen molar-refractivity contribution in [3.8, 4) is 18.4 Å². The summed E-state index contributed by atoms with van der Waals surface area (Å²) in [7, 11) is 0. The molecular weight excluding hydrogens is 226 g/mol. The van der Waals surface area contributed by atoms with Gasteiger partial charge in [0.25, 0.3) is 5.91 Å². The van der Waals surface area contributed by atoms with Crippen LogP contribution in [0.3, 0.4) is 0 Å². The molecule has 0 bridgehead atoms. The van der Waals surface area contributed by atoms with Crippen LogP contribution in [-0.2, 0) is 0 Å². The van der Waals surface area contributed by atoms with Gasteiger partial charge in [-0.05, 0) is 18.2 Å². The van der Waals surface area contributed by atoms with Crippen LogP contribution in [0.4, 0.5) is 8.78 Å². The van der Waals surface area contributed by atoms with E-state index in [2.05, 4.69) is 5.92 Å². The number of rotatable bonds is 3. The van der Waals surface area contributed by atoms with Gasteiger partial charge in [-0.1, -0.05) is 5.92 Å². The van der Waals surface area contributed by atoms with Crippen molar-refractivity contribution >= 4 is 5.91 Å². The molecule has 1 amide bonds. The molecule has 17 heavy (non-hydrogen) atoms. The van der Waals surface area contributed by atoms with Crippen molar-refractivity contribution in [1.82, 2.24) is 4.90 Å². The number of carbonyl (C=O) groups excluding carboxylic acids is 1. The van der Waals surface area contributed by atoms with Gasteiger partial charge in [0.1, 0.15) is 18.2 Å². The van der Waals surface area contributed by atoms with E-state index in [4.69, 9.17) is 11.7 Å². The minimum absolute atomic E-state index is 0.137. The average molecular weight is 234 g/mol. The third-order valence-corrected chi connectivity index (χ3v) is 1.99. The lowest BCUT2D eigenvalue weighted by Gasteiger charge is -2.16. The Morgan fingerprint density at radius 3 is 2.71 bits per heavy atom. The van der Waals surface area contributed by atoms with E-state index in [1.807, 2.05) is 0 Å². The Labute approximate surface area is 97.3 Å². The van der Waals surface area contributed by atoms with Crippen LogP contribution in [0.25, 0.3) is 0 Å². The fourth-order valence-electron chi connectivity index (χ4n) is 1.23. The van der Waals surface area contributed by atoms with Crippen LogP contribution < -0.4 is 0 Å². The number of hydrogen-bond donors (Lipinski definition) is 0. The molecule has 1 aromatic carbocycles. The van der Waals surface area contributed by atoms with E-state index in [-0.39, 0.29) is 13.1 Å². The number of carbonyl (C=O) groups is 1. The van der Waals surface area contributed by atoms with E-state index >= 15 is 0 Å². The highest BCUT2D eigenvalue weighted by Gasteiger charge is 2.18. The Hall–Kier alpha value is -2.40. The Bertz CT molecular complexity index is 498. The lowest BCUT2D eigenvalue weighted by molar-refractivity contribution is 0.0790. The third kappa shape index (κ3) is 3.02. The second kappa shape index (κ2) is 5.62. The van der Waals surface area contributed by atoms with Gasteiger partial charge in [-0.15, -0.1) is 6.42 Å². The van der Waals surface area contributed by atoms with Gasteiger partial charge < -0.3 is 4.90 Å². The minimum atomic E-state index is -0.851. The number of benzene rings is 1. The molecule has 0 aliphatic rings. The van der Waals surface area contributed by atoms with Gasteiger partial charge in [0.2, 0.25) is 0 Å². The van der Waals surface area contributed by atoms with Crippen LogP contribution in [-0.4, -0.2) is 23.9 Å². The SMILES string of the molecule is C#CCN(CC#N)C(=O)c1cc(F)ccc1F. The highest BCUT2D eigenvalue weighted by Crippen LogP contribution is 2.12. The van der Waals surface area contributed by atoms with Crippen LogP contribution in [0, 0.1) is 35.3 Å². The minimum Gasteiger partial charge on any atom is -0.314 e. The van der Waals surface area contributed by atoms with Crippen molar-refractivity contribution < 1.29 is 13.6 Å². The molecule has 0 saturated carbocycles. The highest BCUT2D eigenvalue weighted by atomic mass is 19.1. The third-order valence-electron chi connectivity index (χ3n) is 1.99. The second-order valence-electron chi connectivity index (χ2n) is 3.15. The van der Waals surface area contributed by atoms with Crippen LogP contribution >= 0.6 is 0 Å². The van der Waals surface area contributed by atoms with Crippen LogP contribution in [0.2, 0.25) is 0 Å². The predicted molar refractivity (Wildman–Crippen MR) is 56.7 cm³/mol. The molecule has 0 N–H and O–H groups in total. The molecule has 0 saturated heterocycles. The molecule has 1 aromatic rings. The number of nitriles is 1. The second-order valence-corrected chi connectivity index (χ2v) is 3.15. The fourth-order valence-corrected chi connectivity index (χ4v) is 1.23. The Morgan fingerprint density at radius 1 is 1.41 bits per heavy atom. The molecular formula is C12H8F2N2O. The Balaban J connectivity index is 3.06. The zero-order chi connectivity index (χ0) is 12.8. The predicted octanol–water partition coefficient (Wildman–Crippen LogP) is 1.56. The first-order valence-electron chi connectivity index (χ1n) is 4.65. The summed E-state index contributed by atoms with van der Waals surface area (Å²) in [6, 6.07) is 4.26. The summed E-state index contributed by atoms with van der Waals surface area (Å²) in [5.41, 5.74) is -0.435. The van der Waals surface area contributed by atoms with Gasteiger partial charge in [-0.25, -0.2) is 8.78 Å². The van der Waals surface area contributed by atoms with E-state index in [9.17, 15) is 13.6 Å². The van der Waals surface area contributed by atoms with Crippen molar-refractivity contribution in [3.05, 3.63) is 35.4 Å². The van der Waals surface area contributed by atoms with Gasteiger partial charge in [0, 0.05) is 0 Å². The summed E-state index contributed by atoms with van der Waals surface area (Å²) >= 11 is 0. The molecule has 0 fully saturated rings. The maximum absolute atomic E-state index is 13.3. The Kier molecular flexibility index (Phi) is 4.19. The number of terminal acetylenes is 1. The summed E-state index contributed by atoms with van der Waals surface area (Å²) in [5, 5.41) is 8.50. The molecule has 0 heterocycles. The topological polar surface area (TPSA) is 44.1 Å². The molecule has 0 aliphatic carbocycles. The van der Waals surface area contributed by atoms with Crippen molar-refractivity contribution in [1.29, 1.82) is 5.26 Å². The standard InChI is InChI=1S/C12H8F2N2O/c1-2-6-16(7-5-15)12(17)10-8-9(13)3-4-11(10)14/h1,3-4,8H,6-7H2. The van der Waals surface area contributed by atoms with Crippen LogP contribution in [0.15, 0.2) is 18.2 Å². The summed E-state index contributed by atoms with van der Waals surface area (Å²) < 4.78 is 26.2. The van der Waals surface area contributed by atoms with Crippen molar-refractivity contribution in [3.63, 3.8) is 0 Å². The lowest BCUT2D eigenvalue weighted by Crippen LogP contribution is -2.32. The molecule has 0 atom stereocenters. The molecule has 86 valence electrons. The van der Waals surface area contributed by atoms with Crippen LogP contribution in [0.5, 0.6) is 0 Å². The smallest absolute Gasteiger partial charge is 0.258 e. The molecule has 0 aliphatic heterocycles. The summed E-state index contributed by atoms with van der Waals surface area (Å²) in [4.78, 5) is 12.7. The molecule has 0 unspecified atom stereocenters. The summed E-state index contributed by atoms with van der Waals surface area (Å²) in [6.07, 6.45) is 5.02. The number of amides is 1. The zero-order valence-corrected chi connectivity index (χ0v) is 8.78. The number of halogens is 2. The van der Waals surface area contributed by atoms with E-state index in [1.54, 1.807) is 6.07 Å². The molecule has 0 radical (unpaired) electrons. The van der Waals surface area contributed by atoms with E-state index in [1.165, 1.54) is 0 Å². The van der Waals surface area contributed by atoms with Crippen LogP contribution in [0.1, 0.15) is 10.4 Å². The monoisotopic (exact) mass is 234 g/mol. The van der Waals surface area contributed by atoms with Crippen molar-refractivity contribution in [2.24, 2.45) is 0 Å². The van der Waals surface area contributed by atoms with Gasteiger partial charge >= 0.3 is 0 Å². The first-order chi connectivity index (χ1) is 8.10. The summed E-state index contributed by atoms with van der Waals surface area (Å²) in [6.45, 7) is -0.415. The average Bonchev–Trinajstić information content (AvgIpc) is 2.31. The molecule has 0 aromatic heterocycles. The normalized spacial score (nSPS) is 9.18. The van der Waals surface area contributed by atoms with Crippen molar-refractivity contribution in [2.75, 3.05) is 13.1 Å². The lowest BCUT2D eigenvalue weighted by atomic mass is 10.1. The number of nitrogens with zero attached hydrogens (tertiary/aromatic N) is 2. The van der Waals surface area contributed by atoms with Gasteiger partial charge in [0.15, 0.2) is 0 Å². The molecule has 1 rings (SSSR count). The first-order valence-corrected chi connectivity index (χ1v) is 4.65. The maximum atomic E-state index is 13.3. The molecule has 3 nitrogen and oxygen atoms in total. The first kappa shape index (κ1) is 12.7. The highest BCUT2D eigenvalue weighted by molar-refractivity contribution is 5.94. The fraction of sp³-hybridized carbons (Fsp3) is 0.167. The van der Waals surface area contributed by atoms with Gasteiger partial charge in [0.05, 0.1) is 18.2 Å². The largest absolute Gasteiger partial charge is 0.314 e. The zero-order valence-electron chi connectivity index (χ0n) is 8.78. The van der Waals surface area contributed by atoms with Crippen molar-refractivity contribution in [2.45, 2.75) is 0 Å². The molecule has 0 spiro atoms. The maximum Gasteiger partial charge on any atom is 0.258 e. The van der Waals surface area contributed by atoms with E-state index in [0.717, 1.165) is 23.1 Å². The van der Waals surface area contributed by atoms with Gasteiger partial charge in [-0.3, -0.25) is 4.79 Å².